The molecule has 0 aliphatic heterocycles. The Morgan fingerprint density at radius 3 is 2.28 bits per heavy atom. The van der Waals surface area contributed by atoms with Crippen molar-refractivity contribution in [3.05, 3.63) is 131 Å². The second kappa shape index (κ2) is 15.3. The topological polar surface area (TPSA) is 44.9 Å². The lowest BCUT2D eigenvalue weighted by atomic mass is 9.86. The molecule has 4 aromatic carbocycles. The van der Waals surface area contributed by atoms with Crippen LogP contribution in [0.3, 0.4) is 0 Å². The molecule has 0 amide bonds. The van der Waals surface area contributed by atoms with Crippen LogP contribution in [0.5, 0.6) is 11.5 Å². The van der Waals surface area contributed by atoms with Gasteiger partial charge in [0.2, 0.25) is 0 Å². The molecule has 3 heterocycles. The zero-order chi connectivity index (χ0) is 38.1. The lowest BCUT2D eigenvalue weighted by molar-refractivity contribution is 0.354. The first-order valence-electron chi connectivity index (χ1n) is 19.8. The van der Waals surface area contributed by atoms with Gasteiger partial charge in [-0.1, -0.05) is 84.4 Å². The highest BCUT2D eigenvalue weighted by Crippen LogP contribution is 2.38. The van der Waals surface area contributed by atoms with Crippen molar-refractivity contribution in [2.45, 2.75) is 100 Å². The Hall–Kier alpha value is -5.16. The molecule has 0 bridgehead atoms. The summed E-state index contributed by atoms with van der Waals surface area (Å²) >= 11 is 0. The summed E-state index contributed by atoms with van der Waals surface area (Å²) in [5.74, 6) is 3.60. The number of fused-ring (bicyclic) bond motifs is 3. The summed E-state index contributed by atoms with van der Waals surface area (Å²) in [6, 6.07) is 34.9. The van der Waals surface area contributed by atoms with Crippen molar-refractivity contribution in [1.82, 2.24) is 19.3 Å². The molecule has 1 unspecified atom stereocenters. The van der Waals surface area contributed by atoms with E-state index in [0.29, 0.717) is 17.3 Å². The minimum atomic E-state index is 0.359. The number of ether oxygens (including phenoxy) is 1. The van der Waals surface area contributed by atoms with Crippen molar-refractivity contribution in [2.75, 3.05) is 0 Å². The zero-order valence-corrected chi connectivity index (χ0v) is 33.7. The number of rotatable bonds is 12. The number of hydrogen-bond acceptors (Lipinski definition) is 3. The van der Waals surface area contributed by atoms with E-state index in [1.54, 1.807) is 0 Å². The first kappa shape index (κ1) is 37.2. The van der Waals surface area contributed by atoms with E-state index in [4.69, 9.17) is 14.8 Å². The monoisotopic (exact) mass is 716 g/mol. The lowest BCUT2D eigenvalue weighted by Crippen LogP contribution is -2.05. The zero-order valence-electron chi connectivity index (χ0n) is 33.7. The highest BCUT2D eigenvalue weighted by Gasteiger charge is 2.19. The summed E-state index contributed by atoms with van der Waals surface area (Å²) in [6.45, 7) is 20.3. The Bertz CT molecular complexity index is 2410. The second-order valence-corrected chi connectivity index (χ2v) is 17.0. The van der Waals surface area contributed by atoms with Crippen molar-refractivity contribution < 1.29 is 4.74 Å². The van der Waals surface area contributed by atoms with Crippen molar-refractivity contribution in [3.8, 4) is 34.1 Å². The van der Waals surface area contributed by atoms with Crippen LogP contribution in [0.15, 0.2) is 103 Å². The van der Waals surface area contributed by atoms with Gasteiger partial charge in [-0.15, -0.1) is 0 Å². The van der Waals surface area contributed by atoms with Gasteiger partial charge in [0.1, 0.15) is 17.3 Å². The molecule has 0 aliphatic rings. The van der Waals surface area contributed by atoms with Gasteiger partial charge in [0.15, 0.2) is 0 Å². The molecule has 0 aliphatic carbocycles. The van der Waals surface area contributed by atoms with E-state index in [1.807, 2.05) is 6.20 Å². The predicted octanol–water partition coefficient (Wildman–Crippen LogP) is 13.7. The smallest absolute Gasteiger partial charge is 0.137 e. The van der Waals surface area contributed by atoms with Gasteiger partial charge in [-0.3, -0.25) is 4.57 Å². The van der Waals surface area contributed by atoms with Crippen LogP contribution in [0.2, 0.25) is 0 Å². The average Bonchev–Trinajstić information content (AvgIpc) is 3.62. The summed E-state index contributed by atoms with van der Waals surface area (Å²) < 4.78 is 11.2. The first-order valence-corrected chi connectivity index (χ1v) is 19.8. The maximum atomic E-state index is 6.83. The van der Waals surface area contributed by atoms with E-state index in [1.165, 1.54) is 57.9 Å². The molecule has 5 heteroatoms. The Morgan fingerprint density at radius 2 is 1.54 bits per heavy atom. The van der Waals surface area contributed by atoms with Crippen LogP contribution >= 0.6 is 0 Å². The van der Waals surface area contributed by atoms with Gasteiger partial charge in [0.05, 0.1) is 22.4 Å². The Kier molecular flexibility index (Phi) is 10.5. The number of nitrogens with zero attached hydrogens (tertiary/aromatic N) is 4. The molecular weight excluding hydrogens is 661 g/mol. The van der Waals surface area contributed by atoms with Crippen molar-refractivity contribution in [2.24, 2.45) is 11.3 Å². The van der Waals surface area contributed by atoms with Gasteiger partial charge >= 0.3 is 0 Å². The quantitative estimate of drug-likeness (QED) is 0.126. The molecule has 0 radical (unpaired) electrons. The number of benzene rings is 4. The highest BCUT2D eigenvalue weighted by molar-refractivity contribution is 6.09. The molecule has 54 heavy (non-hydrogen) atoms. The largest absolute Gasteiger partial charge is 0.457 e. The van der Waals surface area contributed by atoms with E-state index in [2.05, 4.69) is 169 Å². The molecule has 3 aromatic heterocycles. The minimum Gasteiger partial charge on any atom is -0.457 e. The normalized spacial score (nSPS) is 12.6. The molecule has 0 N–H and O–H groups in total. The molecule has 0 spiro atoms. The fraction of sp³-hybridized carbons (Fsp3) is 0.347. The maximum absolute atomic E-state index is 6.83. The van der Waals surface area contributed by atoms with Gasteiger partial charge in [0.25, 0.3) is 0 Å². The van der Waals surface area contributed by atoms with Gasteiger partial charge < -0.3 is 4.74 Å². The maximum Gasteiger partial charge on any atom is 0.137 e. The van der Waals surface area contributed by atoms with Gasteiger partial charge in [-0.05, 0) is 134 Å². The fourth-order valence-corrected chi connectivity index (χ4v) is 7.86. The minimum absolute atomic E-state index is 0.359. The summed E-state index contributed by atoms with van der Waals surface area (Å²) in [5, 5.41) is 7.50. The second-order valence-electron chi connectivity index (χ2n) is 17.0. The van der Waals surface area contributed by atoms with Crippen LogP contribution < -0.4 is 4.74 Å². The van der Waals surface area contributed by atoms with Crippen LogP contribution in [-0.4, -0.2) is 19.3 Å². The molecule has 7 rings (SSSR count). The Morgan fingerprint density at radius 1 is 0.741 bits per heavy atom. The van der Waals surface area contributed by atoms with Crippen molar-refractivity contribution in [3.63, 3.8) is 0 Å². The number of aromatic nitrogens is 4. The van der Waals surface area contributed by atoms with Gasteiger partial charge in [-0.2, -0.15) is 5.10 Å². The number of hydrogen-bond donors (Lipinski definition) is 0. The Labute approximate surface area is 322 Å². The molecule has 0 fully saturated rings. The lowest BCUT2D eigenvalue weighted by Gasteiger charge is -2.19. The van der Waals surface area contributed by atoms with Crippen LogP contribution in [0, 0.1) is 32.1 Å². The fourth-order valence-electron chi connectivity index (χ4n) is 7.86. The average molecular weight is 717 g/mol. The summed E-state index contributed by atoms with van der Waals surface area (Å²) in [4.78, 5) is 4.86. The molecular formula is C49H56N4O. The van der Waals surface area contributed by atoms with E-state index in [-0.39, 0.29) is 0 Å². The molecule has 1 atom stereocenters. The van der Waals surface area contributed by atoms with Crippen LogP contribution in [-0.2, 0) is 6.42 Å². The van der Waals surface area contributed by atoms with E-state index in [0.717, 1.165) is 58.3 Å². The van der Waals surface area contributed by atoms with Crippen molar-refractivity contribution in [1.29, 1.82) is 0 Å². The van der Waals surface area contributed by atoms with E-state index < -0.39 is 0 Å². The third-order valence-corrected chi connectivity index (χ3v) is 10.8. The van der Waals surface area contributed by atoms with E-state index >= 15 is 0 Å². The standard InChI is InChI=1S/C49H56N4O/c1-32(2)17-18-37-27-40(53-36(6)48(35(5)51-53)38-15-11-10-12-16-38)30-42(28-37)54-41-20-21-43-44-29-39(34(4)14-13-24-49(7,8)9)19-22-45(44)52(46(43)31-41)47-26-33(3)23-25-50-47/h10-12,15-16,19-23,25-32,34H,13-14,17-18,24H2,1-9H3. The van der Waals surface area contributed by atoms with Crippen LogP contribution in [0.25, 0.3) is 44.4 Å². The first-order chi connectivity index (χ1) is 25.8. The van der Waals surface area contributed by atoms with Gasteiger partial charge in [0, 0.05) is 40.4 Å². The molecule has 0 saturated heterocycles. The third kappa shape index (κ3) is 8.01. The van der Waals surface area contributed by atoms with Crippen LogP contribution in [0.4, 0.5) is 0 Å². The molecule has 5 nitrogen and oxygen atoms in total. The highest BCUT2D eigenvalue weighted by atomic mass is 16.5. The summed E-state index contributed by atoms with van der Waals surface area (Å²) in [6.07, 6.45) is 7.62. The number of pyridine rings is 1. The predicted molar refractivity (Wildman–Crippen MR) is 227 cm³/mol. The summed E-state index contributed by atoms with van der Waals surface area (Å²) in [7, 11) is 0. The molecule has 0 saturated carbocycles. The third-order valence-electron chi connectivity index (χ3n) is 10.8. The van der Waals surface area contributed by atoms with E-state index in [9.17, 15) is 0 Å². The van der Waals surface area contributed by atoms with Crippen molar-refractivity contribution >= 4 is 21.8 Å². The SMILES string of the molecule is Cc1ccnc(-n2c3ccc(C(C)CCCC(C)(C)C)cc3c3ccc(Oc4cc(CCC(C)C)cc(-n5nc(C)c(-c6ccccc6)c5C)c4)cc32)c1. The molecule has 7 aromatic rings. The number of aryl methyl sites for hydroxylation is 3. The molecule has 278 valence electrons. The Balaban J connectivity index is 1.30. The van der Waals surface area contributed by atoms with Crippen LogP contribution in [0.1, 0.15) is 101 Å². The summed E-state index contributed by atoms with van der Waals surface area (Å²) in [5.41, 5.74) is 11.9. The van der Waals surface area contributed by atoms with Gasteiger partial charge in [-0.25, -0.2) is 9.67 Å².